The highest BCUT2D eigenvalue weighted by atomic mass is 16.3. The van der Waals surface area contributed by atoms with Gasteiger partial charge in [-0.15, -0.1) is 0 Å². The summed E-state index contributed by atoms with van der Waals surface area (Å²) in [5.74, 6) is -0.196. The summed E-state index contributed by atoms with van der Waals surface area (Å²) >= 11 is 0. The van der Waals surface area contributed by atoms with Crippen LogP contribution in [0.25, 0.3) is 5.69 Å². The molecule has 1 heterocycles. The second-order valence-corrected chi connectivity index (χ2v) is 5.54. The minimum Gasteiger partial charge on any atom is -0.388 e. The molecule has 3 aromatic rings. The van der Waals surface area contributed by atoms with Gasteiger partial charge in [-0.1, -0.05) is 48.5 Å². The van der Waals surface area contributed by atoms with Crippen LogP contribution in [0.1, 0.15) is 23.7 Å². The smallest absolute Gasteiger partial charge is 0.223 e. The maximum Gasteiger partial charge on any atom is 0.223 e. The normalized spacial score (nSPS) is 11.9. The Bertz CT molecular complexity index is 785. The largest absolute Gasteiger partial charge is 0.388 e. The highest BCUT2D eigenvalue weighted by molar-refractivity contribution is 5.76. The predicted octanol–water partition coefficient (Wildman–Crippen LogP) is 2.61. The molecule has 0 aliphatic rings. The van der Waals surface area contributed by atoms with Crippen LogP contribution in [0.2, 0.25) is 0 Å². The molecule has 5 heteroatoms. The van der Waals surface area contributed by atoms with Crippen molar-refractivity contribution < 1.29 is 9.90 Å². The van der Waals surface area contributed by atoms with E-state index in [-0.39, 0.29) is 12.3 Å². The van der Waals surface area contributed by atoms with Crippen molar-refractivity contribution in [2.45, 2.75) is 19.1 Å². The minimum atomic E-state index is -0.793. The molecule has 0 saturated heterocycles. The van der Waals surface area contributed by atoms with Crippen molar-refractivity contribution in [2.24, 2.45) is 0 Å². The average Bonchev–Trinajstić information content (AvgIpc) is 3.10. The van der Waals surface area contributed by atoms with E-state index in [4.69, 9.17) is 0 Å². The Morgan fingerprint density at radius 2 is 1.75 bits per heavy atom. The van der Waals surface area contributed by atoms with Gasteiger partial charge in [0.05, 0.1) is 24.4 Å². The SMILES string of the molecule is O=C(CC(O)c1ccccc1)NCc1cnn(-c2ccccc2)c1. The summed E-state index contributed by atoms with van der Waals surface area (Å²) in [6.07, 6.45) is 2.85. The number of aliphatic hydroxyl groups excluding tert-OH is 1. The first-order valence-corrected chi connectivity index (χ1v) is 7.81. The highest BCUT2D eigenvalue weighted by Gasteiger charge is 2.12. The first kappa shape index (κ1) is 16.0. The average molecular weight is 321 g/mol. The van der Waals surface area contributed by atoms with E-state index in [1.54, 1.807) is 10.9 Å². The van der Waals surface area contributed by atoms with E-state index in [0.29, 0.717) is 6.54 Å². The monoisotopic (exact) mass is 321 g/mol. The van der Waals surface area contributed by atoms with Crippen LogP contribution in [0.5, 0.6) is 0 Å². The fourth-order valence-corrected chi connectivity index (χ4v) is 2.41. The number of rotatable bonds is 6. The minimum absolute atomic E-state index is 0.0385. The quantitative estimate of drug-likeness (QED) is 0.733. The third-order valence-corrected chi connectivity index (χ3v) is 3.71. The van der Waals surface area contributed by atoms with Crippen molar-refractivity contribution in [3.05, 3.63) is 84.2 Å². The number of nitrogens with one attached hydrogen (secondary N) is 1. The van der Waals surface area contributed by atoms with Crippen LogP contribution in [-0.4, -0.2) is 20.8 Å². The molecule has 0 aliphatic carbocycles. The van der Waals surface area contributed by atoms with Gasteiger partial charge in [-0.05, 0) is 17.7 Å². The number of hydrogen-bond acceptors (Lipinski definition) is 3. The molecule has 0 spiro atoms. The summed E-state index contributed by atoms with van der Waals surface area (Å²) in [6, 6.07) is 18.9. The number of para-hydroxylation sites is 1. The maximum absolute atomic E-state index is 12.0. The zero-order valence-corrected chi connectivity index (χ0v) is 13.2. The van der Waals surface area contributed by atoms with Gasteiger partial charge >= 0.3 is 0 Å². The predicted molar refractivity (Wildman–Crippen MR) is 91.4 cm³/mol. The Hall–Kier alpha value is -2.92. The Morgan fingerprint density at radius 3 is 2.46 bits per heavy atom. The van der Waals surface area contributed by atoms with Gasteiger partial charge in [0.1, 0.15) is 0 Å². The molecule has 0 bridgehead atoms. The molecule has 24 heavy (non-hydrogen) atoms. The van der Waals surface area contributed by atoms with Crippen molar-refractivity contribution in [1.29, 1.82) is 0 Å². The molecule has 1 unspecified atom stereocenters. The van der Waals surface area contributed by atoms with E-state index in [2.05, 4.69) is 10.4 Å². The van der Waals surface area contributed by atoms with Crippen LogP contribution in [-0.2, 0) is 11.3 Å². The molecule has 0 fully saturated rings. The second-order valence-electron chi connectivity index (χ2n) is 5.54. The number of carbonyl (C=O) groups is 1. The molecular formula is C19H19N3O2. The molecule has 1 atom stereocenters. The summed E-state index contributed by atoms with van der Waals surface area (Å²) in [5.41, 5.74) is 2.61. The molecule has 0 aliphatic heterocycles. The summed E-state index contributed by atoms with van der Waals surface area (Å²) in [4.78, 5) is 12.0. The van der Waals surface area contributed by atoms with E-state index in [0.717, 1.165) is 16.8 Å². The van der Waals surface area contributed by atoms with E-state index < -0.39 is 6.10 Å². The van der Waals surface area contributed by atoms with Gasteiger partial charge in [0, 0.05) is 18.3 Å². The fourth-order valence-electron chi connectivity index (χ4n) is 2.41. The van der Waals surface area contributed by atoms with Crippen LogP contribution in [0.15, 0.2) is 73.1 Å². The molecule has 122 valence electrons. The van der Waals surface area contributed by atoms with Crippen LogP contribution in [0, 0.1) is 0 Å². The Morgan fingerprint density at radius 1 is 1.08 bits per heavy atom. The summed E-state index contributed by atoms with van der Waals surface area (Å²) in [5, 5.41) is 17.2. The standard InChI is InChI=1S/C19H19N3O2/c23-18(16-7-3-1-4-8-16)11-19(24)20-12-15-13-21-22(14-15)17-9-5-2-6-10-17/h1-10,13-14,18,23H,11-12H2,(H,20,24). The van der Waals surface area contributed by atoms with Gasteiger partial charge in [0.2, 0.25) is 5.91 Å². The Balaban J connectivity index is 1.53. The Kier molecular flexibility index (Phi) is 5.03. The van der Waals surface area contributed by atoms with Crippen molar-refractivity contribution in [2.75, 3.05) is 0 Å². The zero-order chi connectivity index (χ0) is 16.8. The van der Waals surface area contributed by atoms with Gasteiger partial charge in [-0.25, -0.2) is 4.68 Å². The molecule has 1 aromatic heterocycles. The lowest BCUT2D eigenvalue weighted by Gasteiger charge is -2.10. The molecule has 2 N–H and O–H groups in total. The molecule has 3 rings (SSSR count). The molecule has 0 radical (unpaired) electrons. The molecule has 0 saturated carbocycles. The first-order chi connectivity index (χ1) is 11.7. The fraction of sp³-hybridized carbons (Fsp3) is 0.158. The third-order valence-electron chi connectivity index (χ3n) is 3.71. The van der Waals surface area contributed by atoms with Crippen LogP contribution >= 0.6 is 0 Å². The van der Waals surface area contributed by atoms with Gasteiger partial charge in [-0.2, -0.15) is 5.10 Å². The van der Waals surface area contributed by atoms with Crippen molar-refractivity contribution in [1.82, 2.24) is 15.1 Å². The van der Waals surface area contributed by atoms with Crippen LogP contribution < -0.4 is 5.32 Å². The van der Waals surface area contributed by atoms with Crippen LogP contribution in [0.3, 0.4) is 0 Å². The van der Waals surface area contributed by atoms with Gasteiger partial charge in [-0.3, -0.25) is 4.79 Å². The number of carbonyl (C=O) groups excluding carboxylic acids is 1. The molecule has 5 nitrogen and oxygen atoms in total. The number of benzene rings is 2. The lowest BCUT2D eigenvalue weighted by molar-refractivity contribution is -0.123. The lowest BCUT2D eigenvalue weighted by atomic mass is 10.1. The second kappa shape index (κ2) is 7.57. The maximum atomic E-state index is 12.0. The summed E-state index contributed by atoms with van der Waals surface area (Å²) in [6.45, 7) is 0.382. The Labute approximate surface area is 140 Å². The van der Waals surface area contributed by atoms with Gasteiger partial charge in [0.25, 0.3) is 0 Å². The van der Waals surface area contributed by atoms with Crippen molar-refractivity contribution >= 4 is 5.91 Å². The highest BCUT2D eigenvalue weighted by Crippen LogP contribution is 2.15. The van der Waals surface area contributed by atoms with Crippen LogP contribution in [0.4, 0.5) is 0 Å². The van der Waals surface area contributed by atoms with Crippen molar-refractivity contribution in [3.8, 4) is 5.69 Å². The number of aliphatic hydroxyl groups is 1. The number of aromatic nitrogens is 2. The summed E-state index contributed by atoms with van der Waals surface area (Å²) in [7, 11) is 0. The number of amides is 1. The third kappa shape index (κ3) is 4.08. The van der Waals surface area contributed by atoms with Crippen molar-refractivity contribution in [3.63, 3.8) is 0 Å². The topological polar surface area (TPSA) is 67.2 Å². The van der Waals surface area contributed by atoms with Gasteiger partial charge < -0.3 is 10.4 Å². The van der Waals surface area contributed by atoms with E-state index in [9.17, 15) is 9.90 Å². The molecule has 2 aromatic carbocycles. The van der Waals surface area contributed by atoms with E-state index in [1.807, 2.05) is 66.9 Å². The molecular weight excluding hydrogens is 302 g/mol. The van der Waals surface area contributed by atoms with E-state index >= 15 is 0 Å². The first-order valence-electron chi connectivity index (χ1n) is 7.81. The lowest BCUT2D eigenvalue weighted by Crippen LogP contribution is -2.24. The zero-order valence-electron chi connectivity index (χ0n) is 13.2. The number of hydrogen-bond donors (Lipinski definition) is 2. The van der Waals surface area contributed by atoms with Gasteiger partial charge in [0.15, 0.2) is 0 Å². The summed E-state index contributed by atoms with van der Waals surface area (Å²) < 4.78 is 1.76. The molecule has 1 amide bonds. The van der Waals surface area contributed by atoms with E-state index in [1.165, 1.54) is 0 Å². The number of nitrogens with zero attached hydrogens (tertiary/aromatic N) is 2.